The van der Waals surface area contributed by atoms with Crippen LogP contribution < -0.4 is 0 Å². The quantitative estimate of drug-likeness (QED) is 0.427. The maximum Gasteiger partial charge on any atom is 0.325 e. The highest BCUT2D eigenvalue weighted by molar-refractivity contribution is 9.10. The van der Waals surface area contributed by atoms with Crippen LogP contribution in [-0.2, 0) is 16.1 Å². The predicted octanol–water partition coefficient (Wildman–Crippen LogP) is 6.10. The number of rotatable bonds is 5. The van der Waals surface area contributed by atoms with Crippen LogP contribution in [0, 0.1) is 0 Å². The van der Waals surface area contributed by atoms with E-state index in [0.717, 1.165) is 10.0 Å². The molecule has 27 heavy (non-hydrogen) atoms. The number of methoxy groups -OCH3 is 1. The van der Waals surface area contributed by atoms with Crippen LogP contribution in [0.2, 0.25) is 10.0 Å². The fourth-order valence-corrected chi connectivity index (χ4v) is 3.65. The van der Waals surface area contributed by atoms with Gasteiger partial charge in [0.1, 0.15) is 12.4 Å². The lowest BCUT2D eigenvalue weighted by Crippen LogP contribution is -2.13. The van der Waals surface area contributed by atoms with Gasteiger partial charge in [0.05, 0.1) is 23.5 Å². The standard InChI is InChI=1S/C20H15BrCl2N2O2/c1-3-17-19(15-8-7-14(22)10-16(15)23)24-20(25(17)11-18(26)27-2)12-5-4-6-13(21)9-12/h3-10H,1,11H2,2H3. The van der Waals surface area contributed by atoms with Gasteiger partial charge in [-0.15, -0.1) is 0 Å². The summed E-state index contributed by atoms with van der Waals surface area (Å²) in [5.41, 5.74) is 2.83. The second-order valence-electron chi connectivity index (χ2n) is 5.67. The van der Waals surface area contributed by atoms with Crippen molar-refractivity contribution >= 4 is 51.2 Å². The lowest BCUT2D eigenvalue weighted by Gasteiger charge is -2.10. The first-order valence-electron chi connectivity index (χ1n) is 7.95. The number of hydrogen-bond acceptors (Lipinski definition) is 3. The van der Waals surface area contributed by atoms with E-state index in [2.05, 4.69) is 22.5 Å². The van der Waals surface area contributed by atoms with Gasteiger partial charge in [0, 0.05) is 20.6 Å². The number of imidazole rings is 1. The Bertz CT molecular complexity index is 1030. The summed E-state index contributed by atoms with van der Waals surface area (Å²) in [4.78, 5) is 16.8. The Morgan fingerprint density at radius 1 is 1.30 bits per heavy atom. The minimum Gasteiger partial charge on any atom is -0.468 e. The molecule has 0 saturated carbocycles. The van der Waals surface area contributed by atoms with Crippen LogP contribution in [0.15, 0.2) is 53.5 Å². The summed E-state index contributed by atoms with van der Waals surface area (Å²) < 4.78 is 7.51. The number of benzene rings is 2. The number of ether oxygens (including phenoxy) is 1. The Labute approximate surface area is 175 Å². The van der Waals surface area contributed by atoms with Gasteiger partial charge in [-0.3, -0.25) is 4.79 Å². The van der Waals surface area contributed by atoms with Gasteiger partial charge in [-0.25, -0.2) is 4.98 Å². The molecule has 3 rings (SSSR count). The van der Waals surface area contributed by atoms with Gasteiger partial charge in [-0.1, -0.05) is 57.8 Å². The van der Waals surface area contributed by atoms with E-state index in [1.807, 2.05) is 24.3 Å². The van der Waals surface area contributed by atoms with Crippen LogP contribution >= 0.6 is 39.1 Å². The second kappa shape index (κ2) is 8.30. The molecule has 0 fully saturated rings. The van der Waals surface area contributed by atoms with Crippen LogP contribution in [0.3, 0.4) is 0 Å². The number of esters is 1. The summed E-state index contributed by atoms with van der Waals surface area (Å²) in [6, 6.07) is 12.9. The summed E-state index contributed by atoms with van der Waals surface area (Å²) in [5.74, 6) is 0.220. The molecule has 0 bridgehead atoms. The maximum absolute atomic E-state index is 12.0. The Hall–Kier alpha value is -2.08. The van der Waals surface area contributed by atoms with E-state index in [4.69, 9.17) is 32.9 Å². The van der Waals surface area contributed by atoms with Crippen molar-refractivity contribution in [3.8, 4) is 22.6 Å². The average Bonchev–Trinajstić information content (AvgIpc) is 2.99. The highest BCUT2D eigenvalue weighted by Gasteiger charge is 2.21. The molecule has 0 spiro atoms. The van der Waals surface area contributed by atoms with E-state index in [-0.39, 0.29) is 12.5 Å². The van der Waals surface area contributed by atoms with Crippen LogP contribution in [0.4, 0.5) is 0 Å². The van der Waals surface area contributed by atoms with Crippen LogP contribution in [0.1, 0.15) is 5.69 Å². The molecule has 7 heteroatoms. The van der Waals surface area contributed by atoms with Gasteiger partial charge in [0.2, 0.25) is 0 Å². The molecule has 0 unspecified atom stereocenters. The third-order valence-corrected chi connectivity index (χ3v) is 5.03. The lowest BCUT2D eigenvalue weighted by molar-refractivity contribution is -0.141. The fourth-order valence-electron chi connectivity index (χ4n) is 2.75. The van der Waals surface area contributed by atoms with E-state index >= 15 is 0 Å². The first-order chi connectivity index (χ1) is 12.9. The molecular weight excluding hydrogens is 451 g/mol. The Morgan fingerprint density at radius 2 is 2.07 bits per heavy atom. The summed E-state index contributed by atoms with van der Waals surface area (Å²) in [5, 5.41) is 0.999. The molecule has 1 heterocycles. The highest BCUT2D eigenvalue weighted by atomic mass is 79.9. The van der Waals surface area contributed by atoms with Crippen molar-refractivity contribution in [2.75, 3.05) is 7.11 Å². The molecule has 0 aliphatic carbocycles. The maximum atomic E-state index is 12.0. The molecule has 0 atom stereocenters. The topological polar surface area (TPSA) is 44.1 Å². The number of halogens is 3. The second-order valence-corrected chi connectivity index (χ2v) is 7.43. The smallest absolute Gasteiger partial charge is 0.325 e. The third kappa shape index (κ3) is 4.10. The fraction of sp³-hybridized carbons (Fsp3) is 0.100. The zero-order chi connectivity index (χ0) is 19.6. The Kier molecular flexibility index (Phi) is 6.05. The van der Waals surface area contributed by atoms with Crippen molar-refractivity contribution in [3.63, 3.8) is 0 Å². The first-order valence-corrected chi connectivity index (χ1v) is 9.50. The number of aromatic nitrogens is 2. The molecule has 0 N–H and O–H groups in total. The Balaban J connectivity index is 2.27. The number of carbonyl (C=O) groups excluding carboxylic acids is 1. The van der Waals surface area contributed by atoms with Gasteiger partial charge < -0.3 is 9.30 Å². The molecule has 2 aromatic carbocycles. The van der Waals surface area contributed by atoms with Crippen LogP contribution in [-0.4, -0.2) is 22.6 Å². The molecule has 1 aromatic heterocycles. The normalized spacial score (nSPS) is 10.7. The van der Waals surface area contributed by atoms with E-state index < -0.39 is 0 Å². The summed E-state index contributed by atoms with van der Waals surface area (Å²) in [6.07, 6.45) is 1.65. The SMILES string of the molecule is C=Cc1c(-c2ccc(Cl)cc2Cl)nc(-c2cccc(Br)c2)n1CC(=O)OC. The first kappa shape index (κ1) is 19.7. The molecule has 0 aliphatic heterocycles. The van der Waals surface area contributed by atoms with Crippen molar-refractivity contribution in [2.24, 2.45) is 0 Å². The van der Waals surface area contributed by atoms with E-state index in [9.17, 15) is 4.79 Å². The minimum atomic E-state index is -0.388. The summed E-state index contributed by atoms with van der Waals surface area (Å²) in [6.45, 7) is 3.89. The van der Waals surface area contributed by atoms with Crippen LogP contribution in [0.5, 0.6) is 0 Å². The van der Waals surface area contributed by atoms with Gasteiger partial charge >= 0.3 is 5.97 Å². The van der Waals surface area contributed by atoms with Gasteiger partial charge in [-0.2, -0.15) is 0 Å². The zero-order valence-electron chi connectivity index (χ0n) is 14.4. The van der Waals surface area contributed by atoms with Crippen LogP contribution in [0.25, 0.3) is 28.7 Å². The van der Waals surface area contributed by atoms with Gasteiger partial charge in [-0.05, 0) is 36.4 Å². The number of carbonyl (C=O) groups is 1. The molecule has 0 radical (unpaired) electrons. The van der Waals surface area contributed by atoms with Crippen molar-refractivity contribution in [1.82, 2.24) is 9.55 Å². The molecule has 0 amide bonds. The van der Waals surface area contributed by atoms with Gasteiger partial charge in [0.25, 0.3) is 0 Å². The largest absolute Gasteiger partial charge is 0.468 e. The van der Waals surface area contributed by atoms with Crippen molar-refractivity contribution in [2.45, 2.75) is 6.54 Å². The molecule has 138 valence electrons. The molecule has 3 aromatic rings. The highest BCUT2D eigenvalue weighted by Crippen LogP contribution is 2.35. The average molecular weight is 466 g/mol. The van der Waals surface area contributed by atoms with E-state index in [1.54, 1.807) is 28.8 Å². The lowest BCUT2D eigenvalue weighted by atomic mass is 10.1. The monoisotopic (exact) mass is 464 g/mol. The predicted molar refractivity (Wildman–Crippen MR) is 113 cm³/mol. The van der Waals surface area contributed by atoms with Crippen molar-refractivity contribution < 1.29 is 9.53 Å². The van der Waals surface area contributed by atoms with E-state index in [0.29, 0.717) is 32.8 Å². The Morgan fingerprint density at radius 3 is 2.70 bits per heavy atom. The zero-order valence-corrected chi connectivity index (χ0v) is 17.5. The minimum absolute atomic E-state index is 0.00207. The molecular formula is C20H15BrCl2N2O2. The summed E-state index contributed by atoms with van der Waals surface area (Å²) in [7, 11) is 1.35. The molecule has 0 aliphatic rings. The molecule has 4 nitrogen and oxygen atoms in total. The molecule has 0 saturated heterocycles. The van der Waals surface area contributed by atoms with E-state index in [1.165, 1.54) is 7.11 Å². The summed E-state index contributed by atoms with van der Waals surface area (Å²) >= 11 is 15.9. The number of hydrogen-bond donors (Lipinski definition) is 0. The van der Waals surface area contributed by atoms with Crippen molar-refractivity contribution in [1.29, 1.82) is 0 Å². The third-order valence-electron chi connectivity index (χ3n) is 3.98. The number of nitrogens with zero attached hydrogens (tertiary/aromatic N) is 2. The van der Waals surface area contributed by atoms with Gasteiger partial charge in [0.15, 0.2) is 0 Å². The van der Waals surface area contributed by atoms with Crippen molar-refractivity contribution in [3.05, 3.63) is 69.3 Å².